The number of hydrogen-bond donors (Lipinski definition) is 1. The van der Waals surface area contributed by atoms with E-state index in [0.717, 1.165) is 103 Å². The van der Waals surface area contributed by atoms with Crippen molar-refractivity contribution in [2.75, 3.05) is 26.4 Å². The lowest BCUT2D eigenvalue weighted by Gasteiger charge is -2.62. The first kappa shape index (κ1) is 28.4. The summed E-state index contributed by atoms with van der Waals surface area (Å²) in [6.45, 7) is 9.43. The standard InChI is InChI=1S/C32H52O6/c1-24(28(33)34)27(35-14-8-4-6-10-29(2)12-16-36-29)31-19-25-18-26(20-31)22-32(21-25,23-31)38-15-9-5-7-11-30(3)13-17-37-30/h25-26H,4-23H2,1-3H3,(H,33,34). The fourth-order valence-electron chi connectivity index (χ4n) is 8.68. The van der Waals surface area contributed by atoms with Gasteiger partial charge in [-0.2, -0.15) is 0 Å². The molecule has 4 aliphatic carbocycles. The Bertz CT molecular complexity index is 855. The van der Waals surface area contributed by atoms with E-state index in [-0.39, 0.29) is 22.2 Å². The highest BCUT2D eigenvalue weighted by molar-refractivity contribution is 5.86. The van der Waals surface area contributed by atoms with Crippen molar-refractivity contribution in [2.45, 2.75) is 140 Å². The van der Waals surface area contributed by atoms with E-state index in [2.05, 4.69) is 13.8 Å². The van der Waals surface area contributed by atoms with Gasteiger partial charge in [0.1, 0.15) is 5.76 Å². The Hall–Kier alpha value is -1.11. The molecule has 4 atom stereocenters. The van der Waals surface area contributed by atoms with Crippen molar-refractivity contribution in [3.63, 3.8) is 0 Å². The Morgan fingerprint density at radius 2 is 1.39 bits per heavy atom. The molecule has 6 aliphatic rings. The molecule has 216 valence electrons. The van der Waals surface area contributed by atoms with Crippen LogP contribution < -0.4 is 0 Å². The molecule has 2 saturated heterocycles. The summed E-state index contributed by atoms with van der Waals surface area (Å²) >= 11 is 0. The van der Waals surface area contributed by atoms with Crippen LogP contribution in [0, 0.1) is 17.3 Å². The third-order valence-corrected chi connectivity index (χ3v) is 10.7. The number of carboxylic acid groups (broad SMARTS) is 1. The minimum atomic E-state index is -0.843. The molecule has 0 aromatic heterocycles. The highest BCUT2D eigenvalue weighted by Crippen LogP contribution is 2.65. The zero-order valence-corrected chi connectivity index (χ0v) is 24.3. The summed E-state index contributed by atoms with van der Waals surface area (Å²) < 4.78 is 24.7. The smallest absolute Gasteiger partial charge is 0.334 e. The van der Waals surface area contributed by atoms with E-state index in [4.69, 9.17) is 18.9 Å². The van der Waals surface area contributed by atoms with Gasteiger partial charge in [-0.3, -0.25) is 0 Å². The number of unbranched alkanes of at least 4 members (excludes halogenated alkanes) is 4. The second-order valence-corrected chi connectivity index (χ2v) is 14.1. The van der Waals surface area contributed by atoms with Crippen molar-refractivity contribution in [3.05, 3.63) is 11.3 Å². The molecule has 6 nitrogen and oxygen atoms in total. The minimum Gasteiger partial charge on any atom is -0.497 e. The number of hydrogen-bond acceptors (Lipinski definition) is 5. The molecule has 4 bridgehead atoms. The Morgan fingerprint density at radius 1 is 0.842 bits per heavy atom. The van der Waals surface area contributed by atoms with Crippen molar-refractivity contribution >= 4 is 5.97 Å². The molecule has 2 heterocycles. The van der Waals surface area contributed by atoms with E-state index >= 15 is 0 Å². The van der Waals surface area contributed by atoms with Gasteiger partial charge < -0.3 is 24.1 Å². The topological polar surface area (TPSA) is 74.2 Å². The number of carbonyl (C=O) groups is 1. The Morgan fingerprint density at radius 3 is 1.89 bits per heavy atom. The van der Waals surface area contributed by atoms with E-state index in [1.54, 1.807) is 6.92 Å². The largest absolute Gasteiger partial charge is 0.497 e. The van der Waals surface area contributed by atoms with Crippen LogP contribution in [0.5, 0.6) is 0 Å². The maximum absolute atomic E-state index is 12.2. The molecule has 38 heavy (non-hydrogen) atoms. The number of carboxylic acids is 1. The third kappa shape index (κ3) is 6.28. The fourth-order valence-corrected chi connectivity index (χ4v) is 8.68. The van der Waals surface area contributed by atoms with Gasteiger partial charge in [0, 0.05) is 12.0 Å². The molecule has 2 aliphatic heterocycles. The van der Waals surface area contributed by atoms with Gasteiger partial charge in [0.2, 0.25) is 0 Å². The van der Waals surface area contributed by atoms with Crippen molar-refractivity contribution in [1.29, 1.82) is 0 Å². The van der Waals surface area contributed by atoms with Crippen LogP contribution in [0.25, 0.3) is 0 Å². The molecule has 0 radical (unpaired) electrons. The number of aliphatic carboxylic acids is 1. The van der Waals surface area contributed by atoms with Gasteiger partial charge in [-0.1, -0.05) is 19.3 Å². The van der Waals surface area contributed by atoms with E-state index in [1.807, 2.05) is 0 Å². The summed E-state index contributed by atoms with van der Waals surface area (Å²) in [5, 5.41) is 9.99. The van der Waals surface area contributed by atoms with Gasteiger partial charge in [0.05, 0.1) is 42.2 Å². The molecule has 4 saturated carbocycles. The summed E-state index contributed by atoms with van der Waals surface area (Å²) in [6.07, 6.45) is 17.9. The van der Waals surface area contributed by atoms with E-state index in [1.165, 1.54) is 25.7 Å². The summed E-state index contributed by atoms with van der Waals surface area (Å²) in [5.74, 6) is 1.17. The highest BCUT2D eigenvalue weighted by atomic mass is 16.5. The van der Waals surface area contributed by atoms with Crippen molar-refractivity contribution < 1.29 is 28.8 Å². The Balaban J connectivity index is 1.15. The van der Waals surface area contributed by atoms with E-state index in [0.29, 0.717) is 24.0 Å². The normalized spacial score (nSPS) is 39.9. The predicted molar refractivity (Wildman–Crippen MR) is 147 cm³/mol. The van der Waals surface area contributed by atoms with Gasteiger partial charge in [-0.15, -0.1) is 0 Å². The third-order valence-electron chi connectivity index (χ3n) is 10.7. The van der Waals surface area contributed by atoms with Crippen molar-refractivity contribution in [1.82, 2.24) is 0 Å². The highest BCUT2D eigenvalue weighted by Gasteiger charge is 2.60. The SMILES string of the molecule is CC(C(=O)O)=C(OCCCCCC1(C)CCO1)C12CC3CC(CC(OCCCCCC4(C)CCO4)(C3)C1)C2. The first-order chi connectivity index (χ1) is 18.1. The average molecular weight is 533 g/mol. The molecular weight excluding hydrogens is 480 g/mol. The lowest BCUT2D eigenvalue weighted by atomic mass is 9.47. The molecule has 6 rings (SSSR count). The number of rotatable bonds is 16. The van der Waals surface area contributed by atoms with Crippen LogP contribution in [0.3, 0.4) is 0 Å². The lowest BCUT2D eigenvalue weighted by molar-refractivity contribution is -0.193. The molecule has 0 aromatic carbocycles. The van der Waals surface area contributed by atoms with E-state index in [9.17, 15) is 9.90 Å². The first-order valence-corrected chi connectivity index (χ1v) is 15.6. The fraction of sp³-hybridized carbons (Fsp3) is 0.906. The maximum atomic E-state index is 12.2. The summed E-state index contributed by atoms with van der Waals surface area (Å²) in [6, 6.07) is 0. The van der Waals surface area contributed by atoms with Gasteiger partial charge in [-0.05, 0) is 116 Å². The Labute approximate surface area is 230 Å². The van der Waals surface area contributed by atoms with Gasteiger partial charge in [-0.25, -0.2) is 4.79 Å². The molecule has 1 N–H and O–H groups in total. The molecule has 4 unspecified atom stereocenters. The molecular formula is C32H52O6. The maximum Gasteiger partial charge on any atom is 0.334 e. The quantitative estimate of drug-likeness (QED) is 0.129. The minimum absolute atomic E-state index is 0.0858. The van der Waals surface area contributed by atoms with Crippen LogP contribution in [0.4, 0.5) is 0 Å². The van der Waals surface area contributed by atoms with Gasteiger partial charge in [0.25, 0.3) is 0 Å². The Kier molecular flexibility index (Phi) is 8.53. The van der Waals surface area contributed by atoms with Crippen LogP contribution in [-0.2, 0) is 23.7 Å². The van der Waals surface area contributed by atoms with Crippen LogP contribution in [0.15, 0.2) is 11.3 Å². The summed E-state index contributed by atoms with van der Waals surface area (Å²) in [4.78, 5) is 12.2. The molecule has 0 aromatic rings. The van der Waals surface area contributed by atoms with Gasteiger partial charge >= 0.3 is 5.97 Å². The van der Waals surface area contributed by atoms with Crippen LogP contribution in [0.1, 0.15) is 124 Å². The number of allylic oxidation sites excluding steroid dienone is 1. The first-order valence-electron chi connectivity index (χ1n) is 15.6. The second kappa shape index (κ2) is 11.4. The van der Waals surface area contributed by atoms with Crippen molar-refractivity contribution in [3.8, 4) is 0 Å². The van der Waals surface area contributed by atoms with Crippen LogP contribution in [-0.4, -0.2) is 54.3 Å². The monoisotopic (exact) mass is 532 g/mol. The summed E-state index contributed by atoms with van der Waals surface area (Å²) in [7, 11) is 0. The molecule has 0 amide bonds. The average Bonchev–Trinajstić information content (AvgIpc) is 2.82. The van der Waals surface area contributed by atoms with E-state index < -0.39 is 5.97 Å². The molecule has 6 fully saturated rings. The van der Waals surface area contributed by atoms with Crippen LogP contribution in [0.2, 0.25) is 0 Å². The molecule has 6 heteroatoms. The van der Waals surface area contributed by atoms with Gasteiger partial charge in [0.15, 0.2) is 0 Å². The summed E-state index contributed by atoms with van der Waals surface area (Å²) in [5.41, 5.74) is 0.349. The van der Waals surface area contributed by atoms with Crippen molar-refractivity contribution in [2.24, 2.45) is 17.3 Å². The molecule has 0 spiro atoms. The second-order valence-electron chi connectivity index (χ2n) is 14.1. The zero-order valence-electron chi connectivity index (χ0n) is 24.3. The predicted octanol–water partition coefficient (Wildman–Crippen LogP) is 7.20. The lowest BCUT2D eigenvalue weighted by Crippen LogP contribution is -2.57. The zero-order chi connectivity index (χ0) is 26.9. The van der Waals surface area contributed by atoms with Crippen LogP contribution >= 0.6 is 0 Å². The number of ether oxygens (including phenoxy) is 4.